The quantitative estimate of drug-likeness (QED) is 0.420. The standard InChI is InChI=1S/C17H9Br2FO4/c18-10-2-4-13(14(20)6-10)17(22)23-8-9-5-16(21)24-15-7-11(19)1-3-12(9)15/h1-7H,8H2. The lowest BCUT2D eigenvalue weighted by atomic mass is 10.1. The minimum atomic E-state index is -0.807. The maximum Gasteiger partial charge on any atom is 0.341 e. The van der Waals surface area contributed by atoms with Crippen LogP contribution in [0.15, 0.2) is 60.6 Å². The van der Waals surface area contributed by atoms with E-state index in [-0.39, 0.29) is 12.2 Å². The van der Waals surface area contributed by atoms with Gasteiger partial charge in [-0.15, -0.1) is 0 Å². The van der Waals surface area contributed by atoms with Crippen LogP contribution in [0.2, 0.25) is 0 Å². The van der Waals surface area contributed by atoms with Gasteiger partial charge in [0, 0.05) is 26.0 Å². The molecule has 4 nitrogen and oxygen atoms in total. The van der Waals surface area contributed by atoms with E-state index in [0.717, 1.165) is 4.47 Å². The molecule has 3 aromatic rings. The number of halogens is 3. The van der Waals surface area contributed by atoms with Crippen LogP contribution in [0.1, 0.15) is 15.9 Å². The van der Waals surface area contributed by atoms with Gasteiger partial charge in [-0.25, -0.2) is 14.0 Å². The predicted molar refractivity (Wildman–Crippen MR) is 93.4 cm³/mol. The van der Waals surface area contributed by atoms with Crippen molar-refractivity contribution in [3.05, 3.63) is 78.8 Å². The van der Waals surface area contributed by atoms with Crippen LogP contribution in [0.4, 0.5) is 4.39 Å². The summed E-state index contributed by atoms with van der Waals surface area (Å²) in [4.78, 5) is 23.7. The van der Waals surface area contributed by atoms with Crippen molar-refractivity contribution in [2.24, 2.45) is 0 Å². The Bertz CT molecular complexity index is 998. The molecule has 2 aromatic carbocycles. The zero-order valence-electron chi connectivity index (χ0n) is 12.0. The summed E-state index contributed by atoms with van der Waals surface area (Å²) in [5.41, 5.74) is 0.132. The van der Waals surface area contributed by atoms with E-state index in [2.05, 4.69) is 31.9 Å². The molecule has 24 heavy (non-hydrogen) atoms. The van der Waals surface area contributed by atoms with Gasteiger partial charge in [-0.1, -0.05) is 31.9 Å². The van der Waals surface area contributed by atoms with Crippen molar-refractivity contribution in [2.75, 3.05) is 0 Å². The van der Waals surface area contributed by atoms with Crippen molar-refractivity contribution in [1.82, 2.24) is 0 Å². The highest BCUT2D eigenvalue weighted by Gasteiger charge is 2.15. The Labute approximate surface area is 152 Å². The molecule has 0 atom stereocenters. The number of hydrogen-bond donors (Lipinski definition) is 0. The van der Waals surface area contributed by atoms with Gasteiger partial charge < -0.3 is 9.15 Å². The van der Waals surface area contributed by atoms with Crippen LogP contribution in [0.5, 0.6) is 0 Å². The summed E-state index contributed by atoms with van der Waals surface area (Å²) in [5, 5.41) is 0.641. The van der Waals surface area contributed by atoms with Gasteiger partial charge in [0.1, 0.15) is 18.0 Å². The van der Waals surface area contributed by atoms with Gasteiger partial charge in [-0.2, -0.15) is 0 Å². The second-order valence-electron chi connectivity index (χ2n) is 4.93. The fourth-order valence-electron chi connectivity index (χ4n) is 2.20. The Kier molecular flexibility index (Phi) is 4.82. The van der Waals surface area contributed by atoms with E-state index in [1.807, 2.05) is 0 Å². The van der Waals surface area contributed by atoms with Crippen LogP contribution in [-0.4, -0.2) is 5.97 Å². The third kappa shape index (κ3) is 3.57. The van der Waals surface area contributed by atoms with Gasteiger partial charge in [0.2, 0.25) is 0 Å². The van der Waals surface area contributed by atoms with Gasteiger partial charge in [0.25, 0.3) is 0 Å². The molecule has 0 aliphatic rings. The predicted octanol–water partition coefficient (Wildman–Crippen LogP) is 4.81. The van der Waals surface area contributed by atoms with Gasteiger partial charge in [0.15, 0.2) is 0 Å². The summed E-state index contributed by atoms with van der Waals surface area (Å²) in [6, 6.07) is 10.5. The van der Waals surface area contributed by atoms with Crippen molar-refractivity contribution in [3.8, 4) is 0 Å². The molecule has 0 amide bonds. The second-order valence-corrected chi connectivity index (χ2v) is 6.76. The number of esters is 1. The average Bonchev–Trinajstić information content (AvgIpc) is 2.51. The summed E-state index contributed by atoms with van der Waals surface area (Å²) >= 11 is 6.42. The minimum Gasteiger partial charge on any atom is -0.457 e. The lowest BCUT2D eigenvalue weighted by molar-refractivity contribution is 0.0468. The molecule has 0 aliphatic carbocycles. The molecule has 0 unspecified atom stereocenters. The number of carbonyl (C=O) groups excluding carboxylic acids is 1. The van der Waals surface area contributed by atoms with Crippen LogP contribution in [0.3, 0.4) is 0 Å². The summed E-state index contributed by atoms with van der Waals surface area (Å²) < 4.78 is 25.3. The molecular weight excluding hydrogens is 447 g/mol. The van der Waals surface area contributed by atoms with Crippen LogP contribution < -0.4 is 5.63 Å². The number of carbonyl (C=O) groups is 1. The molecule has 122 valence electrons. The lowest BCUT2D eigenvalue weighted by Crippen LogP contribution is -2.09. The molecule has 0 radical (unpaired) electrons. The SMILES string of the molecule is O=C(OCc1cc(=O)oc2cc(Br)ccc12)c1ccc(Br)cc1F. The number of benzene rings is 2. The third-order valence-electron chi connectivity index (χ3n) is 3.30. The Hall–Kier alpha value is -1.99. The number of rotatable bonds is 3. The highest BCUT2D eigenvalue weighted by Crippen LogP contribution is 2.23. The summed E-state index contributed by atoms with van der Waals surface area (Å²) in [7, 11) is 0. The van der Waals surface area contributed by atoms with Crippen molar-refractivity contribution in [1.29, 1.82) is 0 Å². The molecule has 0 bridgehead atoms. The zero-order chi connectivity index (χ0) is 17.3. The second kappa shape index (κ2) is 6.86. The van der Waals surface area contributed by atoms with Crippen LogP contribution >= 0.6 is 31.9 Å². The van der Waals surface area contributed by atoms with Crippen LogP contribution in [0, 0.1) is 5.82 Å². The molecule has 0 fully saturated rings. The van der Waals surface area contributed by atoms with Crippen molar-refractivity contribution < 1.29 is 18.3 Å². The Morgan fingerprint density at radius 1 is 1.08 bits per heavy atom. The van der Waals surface area contributed by atoms with E-state index >= 15 is 0 Å². The van der Waals surface area contributed by atoms with E-state index in [4.69, 9.17) is 9.15 Å². The van der Waals surface area contributed by atoms with Crippen LogP contribution in [0.25, 0.3) is 11.0 Å². The largest absolute Gasteiger partial charge is 0.457 e. The highest BCUT2D eigenvalue weighted by atomic mass is 79.9. The molecule has 3 rings (SSSR count). The zero-order valence-corrected chi connectivity index (χ0v) is 15.2. The number of hydrogen-bond acceptors (Lipinski definition) is 4. The smallest absolute Gasteiger partial charge is 0.341 e. The van der Waals surface area contributed by atoms with Crippen LogP contribution in [-0.2, 0) is 11.3 Å². The third-order valence-corrected chi connectivity index (χ3v) is 4.29. The molecule has 0 saturated heterocycles. The van der Waals surface area contributed by atoms with Crippen molar-refractivity contribution in [2.45, 2.75) is 6.61 Å². The van der Waals surface area contributed by atoms with E-state index < -0.39 is 17.4 Å². The van der Waals surface area contributed by atoms with Crippen molar-refractivity contribution >= 4 is 48.8 Å². The molecule has 0 aliphatic heterocycles. The maximum absolute atomic E-state index is 13.8. The first-order valence-corrected chi connectivity index (χ1v) is 8.37. The van der Waals surface area contributed by atoms with E-state index in [9.17, 15) is 14.0 Å². The average molecular weight is 456 g/mol. The molecular formula is C17H9Br2FO4. The molecule has 7 heteroatoms. The van der Waals surface area contributed by atoms with Gasteiger partial charge in [-0.3, -0.25) is 0 Å². The Morgan fingerprint density at radius 2 is 1.79 bits per heavy atom. The topological polar surface area (TPSA) is 56.5 Å². The molecule has 1 heterocycles. The minimum absolute atomic E-state index is 0.169. The number of ether oxygens (including phenoxy) is 1. The van der Waals surface area contributed by atoms with Crippen molar-refractivity contribution in [3.63, 3.8) is 0 Å². The van der Waals surface area contributed by atoms with Gasteiger partial charge in [0.05, 0.1) is 5.56 Å². The van der Waals surface area contributed by atoms with E-state index in [0.29, 0.717) is 21.0 Å². The van der Waals surface area contributed by atoms with Gasteiger partial charge >= 0.3 is 11.6 Å². The molecule has 0 spiro atoms. The summed E-state index contributed by atoms with van der Waals surface area (Å²) in [6.07, 6.45) is 0. The maximum atomic E-state index is 13.8. The fourth-order valence-corrected chi connectivity index (χ4v) is 2.87. The van der Waals surface area contributed by atoms with Gasteiger partial charge in [-0.05, 0) is 36.4 Å². The number of fused-ring (bicyclic) bond motifs is 1. The summed E-state index contributed by atoms with van der Waals surface area (Å²) in [5.74, 6) is -1.49. The first-order valence-electron chi connectivity index (χ1n) is 6.78. The monoisotopic (exact) mass is 454 g/mol. The summed E-state index contributed by atoms with van der Waals surface area (Å²) in [6.45, 7) is -0.169. The highest BCUT2D eigenvalue weighted by molar-refractivity contribution is 9.10. The Balaban J connectivity index is 1.88. The first kappa shape index (κ1) is 16.9. The van der Waals surface area contributed by atoms with E-state index in [1.54, 1.807) is 24.3 Å². The molecule has 1 aromatic heterocycles. The fraction of sp³-hybridized carbons (Fsp3) is 0.0588. The first-order chi connectivity index (χ1) is 11.4. The molecule has 0 saturated carbocycles. The molecule has 0 N–H and O–H groups in total. The normalized spacial score (nSPS) is 10.8. The van der Waals surface area contributed by atoms with E-state index in [1.165, 1.54) is 18.2 Å². The Morgan fingerprint density at radius 3 is 2.54 bits per heavy atom. The lowest BCUT2D eigenvalue weighted by Gasteiger charge is -2.08.